The van der Waals surface area contributed by atoms with Crippen molar-refractivity contribution in [1.29, 1.82) is 0 Å². The van der Waals surface area contributed by atoms with E-state index in [4.69, 9.17) is 13.0 Å². The molecule has 2 heterocycles. The Labute approximate surface area is 194 Å². The molecule has 0 N–H and O–H groups in total. The molecule has 0 saturated carbocycles. The average Bonchev–Trinajstić information content (AvgIpc) is 3.02. The second kappa shape index (κ2) is 10.0. The van der Waals surface area contributed by atoms with Gasteiger partial charge in [-0.3, -0.25) is 0 Å². The van der Waals surface area contributed by atoms with Gasteiger partial charge in [0.1, 0.15) is 8.56 Å². The van der Waals surface area contributed by atoms with E-state index >= 15 is 0 Å². The van der Waals surface area contributed by atoms with Crippen LogP contribution in [0.2, 0.25) is 22.2 Å². The zero-order valence-electron chi connectivity index (χ0n) is 19.9. The topological polar surface area (TPSA) is 27.7 Å². The van der Waals surface area contributed by atoms with Gasteiger partial charge >= 0.3 is 8.56 Å². The van der Waals surface area contributed by atoms with Crippen molar-refractivity contribution in [3.8, 4) is 0 Å². The molecule has 7 heteroatoms. The van der Waals surface area contributed by atoms with Crippen molar-refractivity contribution in [2.24, 2.45) is 0 Å². The van der Waals surface area contributed by atoms with E-state index in [0.717, 1.165) is 13.0 Å². The second-order valence-corrected chi connectivity index (χ2v) is 21.8. The fraction of sp³-hybridized carbons (Fsp3) is 0.739. The fourth-order valence-corrected chi connectivity index (χ4v) is 19.4. The molecule has 0 spiro atoms. The predicted molar refractivity (Wildman–Crippen MR) is 136 cm³/mol. The minimum Gasteiger partial charge on any atom is -0.569 e. The first-order chi connectivity index (χ1) is 14.1. The van der Waals surface area contributed by atoms with E-state index in [1.807, 2.05) is 11.8 Å². The Morgan fingerprint density at radius 1 is 0.967 bits per heavy atom. The van der Waals surface area contributed by atoms with Gasteiger partial charge in [-0.1, -0.05) is 73.6 Å². The minimum absolute atomic E-state index is 0.221. The Morgan fingerprint density at radius 3 is 2.10 bits per heavy atom. The van der Waals surface area contributed by atoms with Crippen molar-refractivity contribution in [3.05, 3.63) is 30.3 Å². The second-order valence-electron chi connectivity index (χ2n) is 9.90. The van der Waals surface area contributed by atoms with Crippen molar-refractivity contribution < 1.29 is 13.0 Å². The molecule has 1 aromatic rings. The predicted octanol–water partition coefficient (Wildman–Crippen LogP) is 7.57. The highest BCUT2D eigenvalue weighted by molar-refractivity contribution is 8.17. The van der Waals surface area contributed by atoms with Gasteiger partial charge in [0.05, 0.1) is 15.9 Å². The number of hydrogen-bond acceptors (Lipinski definition) is 5. The molecule has 2 aliphatic heterocycles. The number of hydrogen-bond donors (Lipinski definition) is 0. The summed E-state index contributed by atoms with van der Waals surface area (Å²) in [5, 5.41) is 0.392. The van der Waals surface area contributed by atoms with Crippen LogP contribution in [0.15, 0.2) is 35.2 Å². The number of fused-ring (bicyclic) bond motifs is 1. The van der Waals surface area contributed by atoms with Gasteiger partial charge in [-0.25, -0.2) is 0 Å². The zero-order valence-corrected chi connectivity index (χ0v) is 23.5. The average molecular weight is 485 g/mol. The van der Waals surface area contributed by atoms with Crippen LogP contribution in [0.5, 0.6) is 0 Å². The molecular formula is C23H40O3S2Si2-. The molecule has 0 aromatic heterocycles. The molecule has 0 radical (unpaired) electrons. The van der Waals surface area contributed by atoms with Crippen molar-refractivity contribution in [3.63, 3.8) is 0 Å². The zero-order chi connectivity index (χ0) is 22.1. The van der Waals surface area contributed by atoms with Gasteiger partial charge in [0, 0.05) is 11.5 Å². The van der Waals surface area contributed by atoms with Gasteiger partial charge in [0.25, 0.3) is 0 Å². The molecule has 1 aromatic carbocycles. The Hall–Kier alpha value is 0.234. The Morgan fingerprint density at radius 2 is 1.57 bits per heavy atom. The van der Waals surface area contributed by atoms with Gasteiger partial charge in [0.15, 0.2) is 0 Å². The van der Waals surface area contributed by atoms with Crippen LogP contribution in [0.4, 0.5) is 0 Å². The van der Waals surface area contributed by atoms with Gasteiger partial charge in [-0.2, -0.15) is 0 Å². The molecule has 3 atom stereocenters. The van der Waals surface area contributed by atoms with E-state index in [1.165, 1.54) is 4.90 Å². The molecule has 2 fully saturated rings. The molecule has 0 amide bonds. The highest BCUT2D eigenvalue weighted by Crippen LogP contribution is 2.51. The highest BCUT2D eigenvalue weighted by Gasteiger charge is 2.53. The summed E-state index contributed by atoms with van der Waals surface area (Å²) in [6, 6.07) is 10.8. The van der Waals surface area contributed by atoms with Crippen molar-refractivity contribution in [2.45, 2.75) is 105 Å². The van der Waals surface area contributed by atoms with Crippen LogP contribution in [0, 0.1) is 0 Å². The van der Waals surface area contributed by atoms with E-state index < -0.39 is 17.1 Å². The molecule has 3 nitrogen and oxygen atoms in total. The lowest BCUT2D eigenvalue weighted by Crippen LogP contribution is -2.64. The summed E-state index contributed by atoms with van der Waals surface area (Å²) in [6.45, 7) is 19.2. The third kappa shape index (κ3) is 4.92. The van der Waals surface area contributed by atoms with E-state index in [1.54, 1.807) is 0 Å². The van der Waals surface area contributed by atoms with Crippen LogP contribution >= 0.6 is 23.5 Å². The summed E-state index contributed by atoms with van der Waals surface area (Å²) in [6.07, 6.45) is 1.28. The lowest BCUT2D eigenvalue weighted by atomic mass is 10.2. The van der Waals surface area contributed by atoms with Crippen molar-refractivity contribution in [2.75, 3.05) is 6.61 Å². The van der Waals surface area contributed by atoms with Gasteiger partial charge in [-0.15, -0.1) is 34.6 Å². The molecule has 171 valence electrons. The molecular weight excluding hydrogens is 445 g/mol. The van der Waals surface area contributed by atoms with Crippen molar-refractivity contribution in [1.82, 2.24) is 0 Å². The summed E-state index contributed by atoms with van der Waals surface area (Å²) in [5.74, 6) is 0. The number of thioether (sulfide) groups is 2. The largest absolute Gasteiger partial charge is 0.569 e. The maximum Gasteiger partial charge on any atom is 0.304 e. The lowest BCUT2D eigenvalue weighted by molar-refractivity contribution is 0.0739. The molecule has 2 saturated heterocycles. The summed E-state index contributed by atoms with van der Waals surface area (Å²) >= 11 is 4.04. The molecule has 0 aliphatic carbocycles. The molecule has 0 bridgehead atoms. The number of benzene rings is 1. The standard InChI is InChI=1S/C23H40O3S2Si2/c1-16(2)29(17(3)4)24-15-22-21(25-30(26-29,18(5)6)19(7)8)14-23(28-22)27-20-12-10-9-11-13-20/h9-13,16-19,21-23H,14-15H2,1-8H3/q-1/t21-,22+,23?/m0/s1. The molecule has 30 heavy (non-hydrogen) atoms. The van der Waals surface area contributed by atoms with Crippen LogP contribution in [0.25, 0.3) is 0 Å². The first kappa shape index (κ1) is 24.9. The molecule has 3 rings (SSSR count). The first-order valence-corrected chi connectivity index (χ1v) is 17.3. The van der Waals surface area contributed by atoms with Gasteiger partial charge in [-0.05, 0) is 29.6 Å². The van der Waals surface area contributed by atoms with E-state index in [-0.39, 0.29) is 6.10 Å². The van der Waals surface area contributed by atoms with E-state index in [2.05, 4.69) is 97.5 Å². The monoisotopic (exact) mass is 484 g/mol. The summed E-state index contributed by atoms with van der Waals surface area (Å²) in [4.78, 5) is 1.34. The summed E-state index contributed by atoms with van der Waals surface area (Å²) < 4.78 is 21.9. The van der Waals surface area contributed by atoms with Crippen LogP contribution in [-0.2, 0) is 13.0 Å². The van der Waals surface area contributed by atoms with Crippen molar-refractivity contribution >= 4 is 40.6 Å². The minimum atomic E-state index is -2.47. The lowest BCUT2D eigenvalue weighted by Gasteiger charge is -2.60. The third-order valence-corrected chi connectivity index (χ3v) is 19.7. The smallest absolute Gasteiger partial charge is 0.304 e. The SMILES string of the molecule is CC(C)[Si]1(C(C)C)O[C@H]2CC(Sc3ccccc3)S[C@@H]2CO[Si-](C(C)C)(C(C)C)O1. The highest BCUT2D eigenvalue weighted by atomic mass is 32.2. The number of rotatable bonds is 6. The summed E-state index contributed by atoms with van der Waals surface area (Å²) in [7, 11) is -4.89. The fourth-order valence-electron chi connectivity index (χ4n) is 4.84. The third-order valence-electron chi connectivity index (χ3n) is 6.52. The first-order valence-electron chi connectivity index (χ1n) is 11.5. The molecule has 2 aliphatic rings. The van der Waals surface area contributed by atoms with Crippen LogP contribution in [0.3, 0.4) is 0 Å². The van der Waals surface area contributed by atoms with Gasteiger partial charge < -0.3 is 13.0 Å². The van der Waals surface area contributed by atoms with E-state index in [0.29, 0.717) is 32.0 Å². The van der Waals surface area contributed by atoms with Gasteiger partial charge in [0.2, 0.25) is 0 Å². The normalized spacial score (nSPS) is 28.7. The maximum atomic E-state index is 7.29. The Bertz CT molecular complexity index is 668. The Balaban J connectivity index is 1.91. The van der Waals surface area contributed by atoms with Crippen LogP contribution in [0.1, 0.15) is 61.8 Å². The quantitative estimate of drug-likeness (QED) is 0.388. The Kier molecular flexibility index (Phi) is 8.30. The maximum absolute atomic E-state index is 7.29. The molecule has 1 unspecified atom stereocenters. The van der Waals surface area contributed by atoms with Crippen LogP contribution < -0.4 is 0 Å². The van der Waals surface area contributed by atoms with Crippen LogP contribution in [-0.4, -0.2) is 39.7 Å². The van der Waals surface area contributed by atoms with E-state index in [9.17, 15) is 0 Å². The summed E-state index contributed by atoms with van der Waals surface area (Å²) in [5.41, 5.74) is 1.61.